The first-order valence-corrected chi connectivity index (χ1v) is 11.7. The van der Waals surface area contributed by atoms with Crippen molar-refractivity contribution in [2.24, 2.45) is 0 Å². The number of benzene rings is 2. The summed E-state index contributed by atoms with van der Waals surface area (Å²) in [7, 11) is 0. The Balaban J connectivity index is 1.15. The Morgan fingerprint density at radius 2 is 1.88 bits per heavy atom. The topological polar surface area (TPSA) is 48.5 Å². The summed E-state index contributed by atoms with van der Waals surface area (Å²) in [6, 6.07) is 17.2. The zero-order valence-electron chi connectivity index (χ0n) is 18.0. The molecule has 1 fully saturated rings. The van der Waals surface area contributed by atoms with Gasteiger partial charge in [0, 0.05) is 50.0 Å². The number of nitrogens with one attached hydrogen (secondary N) is 1. The van der Waals surface area contributed by atoms with E-state index in [0.717, 1.165) is 53.8 Å². The molecule has 3 heterocycles. The first kappa shape index (κ1) is 20.8. The number of carbonyl (C=O) groups excluding carboxylic acids is 1. The van der Waals surface area contributed by atoms with E-state index in [1.165, 1.54) is 23.0 Å². The van der Waals surface area contributed by atoms with Crippen molar-refractivity contribution in [2.75, 3.05) is 44.2 Å². The van der Waals surface area contributed by atoms with Crippen molar-refractivity contribution in [3.8, 4) is 0 Å². The second-order valence-corrected chi connectivity index (χ2v) is 9.26. The van der Waals surface area contributed by atoms with Gasteiger partial charge in [0.15, 0.2) is 0 Å². The second-order valence-electron chi connectivity index (χ2n) is 8.23. The number of hydrogen-bond acceptors (Lipinski definition) is 5. The molecule has 0 aliphatic carbocycles. The van der Waals surface area contributed by atoms with Gasteiger partial charge in [-0.3, -0.25) is 9.69 Å². The van der Waals surface area contributed by atoms with Crippen molar-refractivity contribution in [3.63, 3.8) is 0 Å². The van der Waals surface area contributed by atoms with Crippen LogP contribution in [-0.2, 0) is 0 Å². The van der Waals surface area contributed by atoms with Gasteiger partial charge in [-0.05, 0) is 42.8 Å². The average Bonchev–Trinajstić information content (AvgIpc) is 3.21. The largest absolute Gasteiger partial charge is 0.367 e. The summed E-state index contributed by atoms with van der Waals surface area (Å²) in [6.07, 6.45) is 0. The van der Waals surface area contributed by atoms with Crippen molar-refractivity contribution < 1.29 is 9.18 Å². The Labute approximate surface area is 190 Å². The molecule has 1 amide bonds. The van der Waals surface area contributed by atoms with Crippen LogP contribution in [0, 0.1) is 12.7 Å². The number of aryl methyl sites for hydroxylation is 1. The van der Waals surface area contributed by atoms with E-state index in [9.17, 15) is 9.18 Å². The van der Waals surface area contributed by atoms with Crippen molar-refractivity contribution in [3.05, 3.63) is 70.9 Å². The predicted octanol–water partition coefficient (Wildman–Crippen LogP) is 4.45. The van der Waals surface area contributed by atoms with Crippen molar-refractivity contribution in [1.29, 1.82) is 0 Å². The predicted molar refractivity (Wildman–Crippen MR) is 129 cm³/mol. The normalized spacial score (nSPS) is 14.9. The fourth-order valence-electron chi connectivity index (χ4n) is 4.18. The van der Waals surface area contributed by atoms with Gasteiger partial charge in [0.2, 0.25) is 0 Å². The zero-order chi connectivity index (χ0) is 22.1. The molecular formula is C25H25FN4OS. The Morgan fingerprint density at radius 3 is 2.69 bits per heavy atom. The molecule has 0 saturated carbocycles. The van der Waals surface area contributed by atoms with E-state index in [2.05, 4.69) is 46.3 Å². The summed E-state index contributed by atoms with van der Waals surface area (Å²) in [5.41, 5.74) is 2.80. The van der Waals surface area contributed by atoms with Crippen LogP contribution >= 0.6 is 11.3 Å². The molecule has 0 spiro atoms. The molecule has 1 saturated heterocycles. The maximum atomic E-state index is 14.0. The second kappa shape index (κ2) is 8.84. The Kier molecular flexibility index (Phi) is 5.76. The van der Waals surface area contributed by atoms with E-state index in [4.69, 9.17) is 4.98 Å². The number of piperazine rings is 1. The highest BCUT2D eigenvalue weighted by Crippen LogP contribution is 2.28. The number of nitrogens with zero attached hydrogens (tertiary/aromatic N) is 3. The molecule has 5 nitrogen and oxygen atoms in total. The lowest BCUT2D eigenvalue weighted by Crippen LogP contribution is -2.48. The lowest BCUT2D eigenvalue weighted by atomic mass is 10.1. The van der Waals surface area contributed by atoms with Crippen LogP contribution in [0.2, 0.25) is 0 Å². The molecule has 5 rings (SSSR count). The number of aromatic nitrogens is 1. The number of carbonyl (C=O) groups is 1. The van der Waals surface area contributed by atoms with Crippen LogP contribution < -0.4 is 10.2 Å². The highest BCUT2D eigenvalue weighted by atomic mass is 32.1. The lowest BCUT2D eigenvalue weighted by Gasteiger charge is -2.36. The first-order valence-electron chi connectivity index (χ1n) is 10.9. The number of anilines is 1. The number of hydrogen-bond donors (Lipinski definition) is 1. The van der Waals surface area contributed by atoms with Gasteiger partial charge in [-0.1, -0.05) is 24.3 Å². The molecular weight excluding hydrogens is 423 g/mol. The van der Waals surface area contributed by atoms with Crippen molar-refractivity contribution in [1.82, 2.24) is 15.2 Å². The molecule has 0 radical (unpaired) electrons. The summed E-state index contributed by atoms with van der Waals surface area (Å²) >= 11 is 1.43. The van der Waals surface area contributed by atoms with E-state index in [0.29, 0.717) is 17.1 Å². The van der Waals surface area contributed by atoms with Gasteiger partial charge >= 0.3 is 0 Å². The third-order valence-corrected chi connectivity index (χ3v) is 7.01. The van der Waals surface area contributed by atoms with Crippen LogP contribution in [0.3, 0.4) is 0 Å². The van der Waals surface area contributed by atoms with Gasteiger partial charge in [-0.15, -0.1) is 11.3 Å². The number of halogens is 1. The molecule has 0 bridgehead atoms. The minimum atomic E-state index is -0.172. The Bertz CT molecular complexity index is 1280. The molecule has 4 aromatic rings. The zero-order valence-corrected chi connectivity index (χ0v) is 18.8. The number of pyridine rings is 1. The first-order chi connectivity index (χ1) is 15.6. The van der Waals surface area contributed by atoms with Gasteiger partial charge in [0.05, 0.1) is 16.1 Å². The number of amides is 1. The third kappa shape index (κ3) is 4.31. The van der Waals surface area contributed by atoms with Gasteiger partial charge in [-0.25, -0.2) is 9.37 Å². The number of fused-ring (bicyclic) bond motifs is 2. The lowest BCUT2D eigenvalue weighted by molar-refractivity contribution is 0.0952. The molecule has 164 valence electrons. The summed E-state index contributed by atoms with van der Waals surface area (Å²) in [4.78, 5) is 23.4. The minimum absolute atomic E-state index is 0.0572. The molecule has 2 aromatic heterocycles. The van der Waals surface area contributed by atoms with Crippen LogP contribution in [0.1, 0.15) is 15.2 Å². The standard InChI is InChI=1S/C25H25FN4OS/c1-17-6-7-18-15-19-16-23(32-25(19)28-21(18)14-17)24(31)27-8-9-29-10-12-30(13-11-29)22-5-3-2-4-20(22)26/h2-7,14-16H,8-13H2,1H3,(H,27,31). The average molecular weight is 449 g/mol. The molecule has 2 aromatic carbocycles. The monoisotopic (exact) mass is 448 g/mol. The van der Waals surface area contributed by atoms with E-state index >= 15 is 0 Å². The van der Waals surface area contributed by atoms with Gasteiger partial charge in [-0.2, -0.15) is 0 Å². The highest BCUT2D eigenvalue weighted by molar-refractivity contribution is 7.20. The van der Waals surface area contributed by atoms with E-state index in [1.807, 2.05) is 18.2 Å². The van der Waals surface area contributed by atoms with Crippen LogP contribution in [0.25, 0.3) is 21.1 Å². The molecule has 1 aliphatic heterocycles. The van der Waals surface area contributed by atoms with Crippen LogP contribution in [0.4, 0.5) is 10.1 Å². The van der Waals surface area contributed by atoms with Crippen molar-refractivity contribution >= 4 is 44.1 Å². The third-order valence-electron chi connectivity index (χ3n) is 5.96. The number of para-hydroxylation sites is 1. The number of thiophene rings is 1. The van der Waals surface area contributed by atoms with Gasteiger partial charge in [0.25, 0.3) is 5.91 Å². The summed E-state index contributed by atoms with van der Waals surface area (Å²) in [5, 5.41) is 5.12. The van der Waals surface area contributed by atoms with Crippen molar-refractivity contribution in [2.45, 2.75) is 6.92 Å². The Morgan fingerprint density at radius 1 is 1.06 bits per heavy atom. The van der Waals surface area contributed by atoms with E-state index < -0.39 is 0 Å². The smallest absolute Gasteiger partial charge is 0.261 e. The van der Waals surface area contributed by atoms with Crippen LogP contribution in [0.15, 0.2) is 54.6 Å². The summed E-state index contributed by atoms with van der Waals surface area (Å²) < 4.78 is 14.0. The maximum absolute atomic E-state index is 14.0. The van der Waals surface area contributed by atoms with E-state index in [-0.39, 0.29) is 11.7 Å². The molecule has 1 aliphatic rings. The molecule has 0 unspecified atom stereocenters. The molecule has 0 atom stereocenters. The Hall–Kier alpha value is -3.03. The van der Waals surface area contributed by atoms with E-state index in [1.54, 1.807) is 6.07 Å². The highest BCUT2D eigenvalue weighted by Gasteiger charge is 2.19. The quantitative estimate of drug-likeness (QED) is 0.490. The van der Waals surface area contributed by atoms with Crippen LogP contribution in [0.5, 0.6) is 0 Å². The summed E-state index contributed by atoms with van der Waals surface area (Å²) in [6.45, 7) is 6.68. The molecule has 7 heteroatoms. The van der Waals surface area contributed by atoms with Crippen LogP contribution in [-0.4, -0.2) is 55.1 Å². The van der Waals surface area contributed by atoms with Gasteiger partial charge in [0.1, 0.15) is 10.6 Å². The minimum Gasteiger partial charge on any atom is -0.367 e. The molecule has 1 N–H and O–H groups in total. The maximum Gasteiger partial charge on any atom is 0.261 e. The number of rotatable bonds is 5. The van der Waals surface area contributed by atoms with Gasteiger partial charge < -0.3 is 10.2 Å². The fraction of sp³-hybridized carbons (Fsp3) is 0.280. The SMILES string of the molecule is Cc1ccc2cc3cc(C(=O)NCCN4CCN(c5ccccc5F)CC4)sc3nc2c1. The fourth-order valence-corrected chi connectivity index (χ4v) is 5.12. The molecule has 32 heavy (non-hydrogen) atoms. The summed E-state index contributed by atoms with van der Waals surface area (Å²) in [5.74, 6) is -0.229.